The zero-order valence-electron chi connectivity index (χ0n) is 16.3. The number of likely N-dealkylation sites (tertiary alicyclic amines) is 1. The van der Waals surface area contributed by atoms with Crippen LogP contribution in [0.5, 0.6) is 0 Å². The minimum Gasteiger partial charge on any atom is -0.460 e. The number of hydrogen-bond acceptors (Lipinski definition) is 5. The number of amides is 1. The van der Waals surface area contributed by atoms with Crippen molar-refractivity contribution in [2.75, 3.05) is 0 Å². The normalized spacial score (nSPS) is 38.5. The van der Waals surface area contributed by atoms with Crippen molar-refractivity contribution >= 4 is 17.8 Å². The van der Waals surface area contributed by atoms with Crippen LogP contribution in [0.3, 0.4) is 0 Å². The molecule has 1 aliphatic heterocycles. The first-order chi connectivity index (χ1) is 12.8. The van der Waals surface area contributed by atoms with E-state index in [1.165, 1.54) is 6.92 Å². The molecule has 3 saturated carbocycles. The molecule has 0 aromatic heterocycles. The summed E-state index contributed by atoms with van der Waals surface area (Å²) in [5, 5.41) is 0. The molecular weight excluding hydrogens is 346 g/mol. The van der Waals surface area contributed by atoms with Crippen molar-refractivity contribution in [1.82, 2.24) is 4.90 Å². The molecule has 2 bridgehead atoms. The maximum absolute atomic E-state index is 13.2. The van der Waals surface area contributed by atoms with Crippen LogP contribution in [0.25, 0.3) is 0 Å². The monoisotopic (exact) mass is 375 g/mol. The molecule has 148 valence electrons. The van der Waals surface area contributed by atoms with Crippen molar-refractivity contribution in [2.24, 2.45) is 23.7 Å². The van der Waals surface area contributed by atoms with Gasteiger partial charge in [0.15, 0.2) is 0 Å². The van der Waals surface area contributed by atoms with Gasteiger partial charge >= 0.3 is 11.9 Å². The van der Waals surface area contributed by atoms with Crippen molar-refractivity contribution in [2.45, 2.75) is 76.7 Å². The van der Waals surface area contributed by atoms with Crippen molar-refractivity contribution in [3.05, 3.63) is 12.7 Å². The number of rotatable bonds is 5. The molecule has 6 heteroatoms. The Balaban J connectivity index is 1.64. The van der Waals surface area contributed by atoms with E-state index in [1.807, 2.05) is 18.7 Å². The fourth-order valence-corrected chi connectivity index (χ4v) is 6.21. The molecule has 0 N–H and O–H groups in total. The Morgan fingerprint density at radius 1 is 1.26 bits per heavy atom. The summed E-state index contributed by atoms with van der Waals surface area (Å²) < 4.78 is 11.6. The van der Waals surface area contributed by atoms with Crippen LogP contribution >= 0.6 is 0 Å². The van der Waals surface area contributed by atoms with Gasteiger partial charge in [-0.05, 0) is 57.9 Å². The summed E-state index contributed by atoms with van der Waals surface area (Å²) in [7, 11) is 0. The molecule has 4 fully saturated rings. The van der Waals surface area contributed by atoms with Crippen LogP contribution in [0, 0.1) is 23.7 Å². The van der Waals surface area contributed by atoms with E-state index < -0.39 is 17.6 Å². The third-order valence-corrected chi connectivity index (χ3v) is 7.17. The van der Waals surface area contributed by atoms with E-state index in [4.69, 9.17) is 9.47 Å². The Morgan fingerprint density at radius 3 is 2.48 bits per heavy atom. The average Bonchev–Trinajstić information content (AvgIpc) is 3.31. The lowest BCUT2D eigenvalue weighted by Crippen LogP contribution is -2.48. The van der Waals surface area contributed by atoms with Crippen molar-refractivity contribution in [1.29, 1.82) is 0 Å². The van der Waals surface area contributed by atoms with E-state index >= 15 is 0 Å². The van der Waals surface area contributed by atoms with Gasteiger partial charge in [-0.1, -0.05) is 6.58 Å². The van der Waals surface area contributed by atoms with E-state index in [1.54, 1.807) is 6.08 Å². The summed E-state index contributed by atoms with van der Waals surface area (Å²) in [5.74, 6) is -1.61. The molecule has 0 radical (unpaired) electrons. The average molecular weight is 375 g/mol. The predicted octanol–water partition coefficient (Wildman–Crippen LogP) is 2.46. The molecule has 3 aliphatic carbocycles. The third kappa shape index (κ3) is 2.63. The number of carbonyl (C=O) groups is 3. The van der Waals surface area contributed by atoms with E-state index in [0.29, 0.717) is 0 Å². The minimum absolute atomic E-state index is 0.0101. The first-order valence-electron chi connectivity index (χ1n) is 10.2. The summed E-state index contributed by atoms with van der Waals surface area (Å²) in [4.78, 5) is 39.9. The Kier molecular flexibility index (Phi) is 4.35. The van der Waals surface area contributed by atoms with Gasteiger partial charge in [-0.25, -0.2) is 0 Å². The van der Waals surface area contributed by atoms with Crippen molar-refractivity contribution in [3.63, 3.8) is 0 Å². The number of fused-ring (bicyclic) bond motifs is 1. The molecule has 0 spiro atoms. The highest BCUT2D eigenvalue weighted by molar-refractivity contribution is 5.90. The molecule has 4 rings (SSSR count). The van der Waals surface area contributed by atoms with E-state index in [0.717, 1.165) is 32.1 Å². The molecule has 1 amide bonds. The Labute approximate surface area is 160 Å². The molecule has 0 aromatic carbocycles. The standard InChI is InChI=1S/C21H29NO5/c1-5-21(8-6-7-9-21)27-20(25)16-14-10-13-15(16)19(24)22(11(2)3)17(13)18(14)26-12(4)23/h5,11,13-18H,1,6-10H2,2-4H3. The molecule has 4 aliphatic rings. The smallest absolute Gasteiger partial charge is 0.311 e. The van der Waals surface area contributed by atoms with Gasteiger partial charge in [-0.3, -0.25) is 14.4 Å². The van der Waals surface area contributed by atoms with Crippen molar-refractivity contribution in [3.8, 4) is 0 Å². The van der Waals surface area contributed by atoms with Gasteiger partial charge in [-0.2, -0.15) is 0 Å². The van der Waals surface area contributed by atoms with E-state index in [-0.39, 0.29) is 47.7 Å². The highest BCUT2D eigenvalue weighted by atomic mass is 16.6. The summed E-state index contributed by atoms with van der Waals surface area (Å²) in [6.07, 6.45) is 5.66. The van der Waals surface area contributed by atoms with Crippen LogP contribution in [0.2, 0.25) is 0 Å². The van der Waals surface area contributed by atoms with Gasteiger partial charge in [0.1, 0.15) is 11.7 Å². The third-order valence-electron chi connectivity index (χ3n) is 7.17. The second-order valence-corrected chi connectivity index (χ2v) is 8.92. The van der Waals surface area contributed by atoms with Crippen LogP contribution in [0.4, 0.5) is 0 Å². The zero-order valence-corrected chi connectivity index (χ0v) is 16.3. The van der Waals surface area contributed by atoms with E-state index in [2.05, 4.69) is 6.58 Å². The number of hydrogen-bond donors (Lipinski definition) is 0. The molecule has 1 saturated heterocycles. The highest BCUT2D eigenvalue weighted by Gasteiger charge is 2.71. The summed E-state index contributed by atoms with van der Waals surface area (Å²) in [6.45, 7) is 9.20. The summed E-state index contributed by atoms with van der Waals surface area (Å²) in [5.41, 5.74) is -0.603. The molecule has 6 nitrogen and oxygen atoms in total. The fraction of sp³-hybridized carbons (Fsp3) is 0.762. The maximum Gasteiger partial charge on any atom is 0.311 e. The van der Waals surface area contributed by atoms with Gasteiger partial charge in [-0.15, -0.1) is 0 Å². The van der Waals surface area contributed by atoms with Crippen LogP contribution in [-0.4, -0.2) is 46.5 Å². The second kappa shape index (κ2) is 6.35. The van der Waals surface area contributed by atoms with Gasteiger partial charge in [0, 0.05) is 18.9 Å². The molecular formula is C21H29NO5. The van der Waals surface area contributed by atoms with Crippen molar-refractivity contribution < 1.29 is 23.9 Å². The molecule has 6 atom stereocenters. The lowest BCUT2D eigenvalue weighted by atomic mass is 9.78. The first-order valence-corrected chi connectivity index (χ1v) is 10.2. The van der Waals surface area contributed by atoms with Gasteiger partial charge in [0.05, 0.1) is 17.9 Å². The molecule has 0 aromatic rings. The van der Waals surface area contributed by atoms with Crippen LogP contribution in [0.1, 0.15) is 52.9 Å². The van der Waals surface area contributed by atoms with Gasteiger partial charge in [0.2, 0.25) is 5.91 Å². The van der Waals surface area contributed by atoms with Crippen LogP contribution < -0.4 is 0 Å². The van der Waals surface area contributed by atoms with E-state index in [9.17, 15) is 14.4 Å². The molecule has 27 heavy (non-hydrogen) atoms. The topological polar surface area (TPSA) is 72.9 Å². The van der Waals surface area contributed by atoms with Crippen LogP contribution in [0.15, 0.2) is 12.7 Å². The van der Waals surface area contributed by atoms with Crippen LogP contribution in [-0.2, 0) is 23.9 Å². The second-order valence-electron chi connectivity index (χ2n) is 8.92. The maximum atomic E-state index is 13.2. The van der Waals surface area contributed by atoms with Gasteiger partial charge in [0.25, 0.3) is 0 Å². The minimum atomic E-state index is -0.603. The first kappa shape index (κ1) is 18.5. The Hall–Kier alpha value is -1.85. The Morgan fingerprint density at radius 2 is 1.93 bits per heavy atom. The predicted molar refractivity (Wildman–Crippen MR) is 97.4 cm³/mol. The number of carbonyl (C=O) groups excluding carboxylic acids is 3. The molecule has 1 heterocycles. The largest absolute Gasteiger partial charge is 0.460 e. The summed E-state index contributed by atoms with van der Waals surface area (Å²) in [6, 6.07) is -0.101. The number of ether oxygens (including phenoxy) is 2. The highest BCUT2D eigenvalue weighted by Crippen LogP contribution is 2.60. The molecule has 6 unspecified atom stereocenters. The lowest BCUT2D eigenvalue weighted by molar-refractivity contribution is -0.170. The lowest BCUT2D eigenvalue weighted by Gasteiger charge is -2.36. The Bertz CT molecular complexity index is 680. The number of esters is 2. The number of nitrogens with zero attached hydrogens (tertiary/aromatic N) is 1. The summed E-state index contributed by atoms with van der Waals surface area (Å²) >= 11 is 0. The SMILES string of the molecule is C=CC1(OC(=O)C2C3CC4C2C(=O)N(C(C)C)C4C3OC(C)=O)CCCC1. The zero-order chi connectivity index (χ0) is 19.5. The fourth-order valence-electron chi connectivity index (χ4n) is 6.21. The van der Waals surface area contributed by atoms with Gasteiger partial charge < -0.3 is 14.4 Å². The quantitative estimate of drug-likeness (QED) is 0.545.